The first kappa shape index (κ1) is 17.8. The van der Waals surface area contributed by atoms with E-state index in [9.17, 15) is 10.1 Å². The molecule has 3 rings (SSSR count). The van der Waals surface area contributed by atoms with E-state index in [-0.39, 0.29) is 5.69 Å². The standard InChI is InChI=1S/C20H16ClNO4/c1-25-16-8-9-17(18-11-15(21)7-10-19(18)22(23)24)20(12-16)26-13-14-5-3-2-4-6-14/h2-12H,13H2,1H3. The van der Waals surface area contributed by atoms with Gasteiger partial charge in [0.05, 0.1) is 17.6 Å². The zero-order chi connectivity index (χ0) is 18.5. The maximum atomic E-state index is 11.4. The maximum Gasteiger partial charge on any atom is 0.277 e. The highest BCUT2D eigenvalue weighted by atomic mass is 35.5. The fourth-order valence-electron chi connectivity index (χ4n) is 2.59. The zero-order valence-corrected chi connectivity index (χ0v) is 14.8. The number of methoxy groups -OCH3 is 1. The molecular weight excluding hydrogens is 354 g/mol. The van der Waals surface area contributed by atoms with Crippen molar-refractivity contribution in [3.63, 3.8) is 0 Å². The van der Waals surface area contributed by atoms with Crippen LogP contribution in [0.4, 0.5) is 5.69 Å². The molecule has 0 spiro atoms. The lowest BCUT2D eigenvalue weighted by Crippen LogP contribution is -1.99. The minimum Gasteiger partial charge on any atom is -0.497 e. The smallest absolute Gasteiger partial charge is 0.277 e. The van der Waals surface area contributed by atoms with Crippen molar-refractivity contribution in [1.29, 1.82) is 0 Å². The summed E-state index contributed by atoms with van der Waals surface area (Å²) in [7, 11) is 1.55. The van der Waals surface area contributed by atoms with E-state index in [0.717, 1.165) is 5.56 Å². The zero-order valence-electron chi connectivity index (χ0n) is 14.0. The quantitative estimate of drug-likeness (QED) is 0.425. The second kappa shape index (κ2) is 7.89. The van der Waals surface area contributed by atoms with E-state index in [1.165, 1.54) is 12.1 Å². The number of ether oxygens (including phenoxy) is 2. The third kappa shape index (κ3) is 3.95. The second-order valence-corrected chi connectivity index (χ2v) is 5.99. The summed E-state index contributed by atoms with van der Waals surface area (Å²) in [5, 5.41) is 11.8. The number of rotatable bonds is 6. The molecule has 3 aromatic carbocycles. The first-order valence-corrected chi connectivity index (χ1v) is 8.25. The van der Waals surface area contributed by atoms with E-state index in [2.05, 4.69) is 0 Å². The van der Waals surface area contributed by atoms with Crippen LogP contribution in [0.3, 0.4) is 0 Å². The van der Waals surface area contributed by atoms with E-state index < -0.39 is 4.92 Å². The minimum absolute atomic E-state index is 0.0378. The fourth-order valence-corrected chi connectivity index (χ4v) is 2.76. The van der Waals surface area contributed by atoms with Gasteiger partial charge in [-0.3, -0.25) is 10.1 Å². The summed E-state index contributed by atoms with van der Waals surface area (Å²) in [6, 6.07) is 19.3. The molecule has 0 bridgehead atoms. The Balaban J connectivity index is 2.04. The molecule has 0 atom stereocenters. The second-order valence-electron chi connectivity index (χ2n) is 5.55. The molecule has 0 aliphatic heterocycles. The van der Waals surface area contributed by atoms with Gasteiger partial charge in [-0.15, -0.1) is 0 Å². The van der Waals surface area contributed by atoms with E-state index >= 15 is 0 Å². The van der Waals surface area contributed by atoms with Crippen LogP contribution in [0.5, 0.6) is 11.5 Å². The van der Waals surface area contributed by atoms with Crippen molar-refractivity contribution < 1.29 is 14.4 Å². The van der Waals surface area contributed by atoms with Gasteiger partial charge >= 0.3 is 0 Å². The predicted molar refractivity (Wildman–Crippen MR) is 101 cm³/mol. The average molecular weight is 370 g/mol. The molecule has 6 heteroatoms. The molecule has 0 heterocycles. The molecule has 0 saturated heterocycles. The van der Waals surface area contributed by atoms with Crippen LogP contribution in [-0.4, -0.2) is 12.0 Å². The van der Waals surface area contributed by atoms with Crippen molar-refractivity contribution in [1.82, 2.24) is 0 Å². The minimum atomic E-state index is -0.434. The molecule has 26 heavy (non-hydrogen) atoms. The van der Waals surface area contributed by atoms with Crippen LogP contribution in [0.1, 0.15) is 5.56 Å². The van der Waals surface area contributed by atoms with Crippen LogP contribution in [0.15, 0.2) is 66.7 Å². The van der Waals surface area contributed by atoms with Crippen LogP contribution in [0.2, 0.25) is 5.02 Å². The van der Waals surface area contributed by atoms with Gasteiger partial charge in [0.25, 0.3) is 5.69 Å². The Morgan fingerprint density at radius 2 is 1.77 bits per heavy atom. The van der Waals surface area contributed by atoms with Crippen molar-refractivity contribution in [3.05, 3.63) is 87.4 Å². The number of nitro groups is 1. The fraction of sp³-hybridized carbons (Fsp3) is 0.100. The van der Waals surface area contributed by atoms with Gasteiger partial charge in [0, 0.05) is 22.7 Å². The van der Waals surface area contributed by atoms with Gasteiger partial charge in [-0.1, -0.05) is 41.9 Å². The van der Waals surface area contributed by atoms with Crippen molar-refractivity contribution in [2.75, 3.05) is 7.11 Å². The lowest BCUT2D eigenvalue weighted by atomic mass is 10.0. The normalized spacial score (nSPS) is 10.4. The molecule has 0 radical (unpaired) electrons. The molecule has 132 valence electrons. The highest BCUT2D eigenvalue weighted by Crippen LogP contribution is 2.39. The molecule has 0 amide bonds. The highest BCUT2D eigenvalue weighted by molar-refractivity contribution is 6.31. The molecule has 0 aromatic heterocycles. The Morgan fingerprint density at radius 1 is 1.00 bits per heavy atom. The lowest BCUT2D eigenvalue weighted by molar-refractivity contribution is -0.384. The van der Waals surface area contributed by atoms with E-state index in [0.29, 0.717) is 34.3 Å². The van der Waals surface area contributed by atoms with E-state index in [1.54, 1.807) is 31.4 Å². The van der Waals surface area contributed by atoms with E-state index in [1.807, 2.05) is 30.3 Å². The molecular formula is C20H16ClNO4. The summed E-state index contributed by atoms with van der Waals surface area (Å²) in [5.74, 6) is 1.08. The first-order valence-electron chi connectivity index (χ1n) is 7.87. The van der Waals surface area contributed by atoms with Gasteiger partial charge in [-0.05, 0) is 29.8 Å². The highest BCUT2D eigenvalue weighted by Gasteiger charge is 2.19. The molecule has 0 unspecified atom stereocenters. The monoisotopic (exact) mass is 369 g/mol. The largest absolute Gasteiger partial charge is 0.497 e. The van der Waals surface area contributed by atoms with Gasteiger partial charge in [0.2, 0.25) is 0 Å². The molecule has 0 aliphatic carbocycles. The molecule has 0 N–H and O–H groups in total. The van der Waals surface area contributed by atoms with Crippen molar-refractivity contribution in [2.45, 2.75) is 6.61 Å². The summed E-state index contributed by atoms with van der Waals surface area (Å²) < 4.78 is 11.2. The van der Waals surface area contributed by atoms with Crippen LogP contribution < -0.4 is 9.47 Å². The summed E-state index contributed by atoms with van der Waals surface area (Å²) in [5.41, 5.74) is 1.93. The maximum absolute atomic E-state index is 11.4. The number of hydrogen-bond donors (Lipinski definition) is 0. The van der Waals surface area contributed by atoms with Crippen molar-refractivity contribution >= 4 is 17.3 Å². The number of nitro benzene ring substituents is 1. The van der Waals surface area contributed by atoms with E-state index in [4.69, 9.17) is 21.1 Å². The Hall–Kier alpha value is -3.05. The van der Waals surface area contributed by atoms with Crippen LogP contribution in [0, 0.1) is 10.1 Å². The Bertz CT molecular complexity index is 928. The van der Waals surface area contributed by atoms with Crippen molar-refractivity contribution in [2.24, 2.45) is 0 Å². The Kier molecular flexibility index (Phi) is 5.39. The van der Waals surface area contributed by atoms with Crippen LogP contribution in [0.25, 0.3) is 11.1 Å². The molecule has 0 aliphatic rings. The van der Waals surface area contributed by atoms with Gasteiger partial charge in [-0.2, -0.15) is 0 Å². The Morgan fingerprint density at radius 3 is 2.46 bits per heavy atom. The third-order valence-corrected chi connectivity index (χ3v) is 4.11. The SMILES string of the molecule is COc1ccc(-c2cc(Cl)ccc2[N+](=O)[O-])c(OCc2ccccc2)c1. The molecule has 5 nitrogen and oxygen atoms in total. The molecule has 0 saturated carbocycles. The molecule has 0 fully saturated rings. The summed E-state index contributed by atoms with van der Waals surface area (Å²) in [6.45, 7) is 0.329. The predicted octanol–water partition coefficient (Wildman–Crippen LogP) is 5.50. The number of halogens is 1. The van der Waals surface area contributed by atoms with Gasteiger partial charge in [-0.25, -0.2) is 0 Å². The van der Waals surface area contributed by atoms with Crippen LogP contribution in [-0.2, 0) is 6.61 Å². The first-order chi connectivity index (χ1) is 12.6. The Labute approximate surface area is 155 Å². The summed E-state index contributed by atoms with van der Waals surface area (Å²) >= 11 is 6.07. The van der Waals surface area contributed by atoms with Gasteiger partial charge in [0.1, 0.15) is 18.1 Å². The molecule has 3 aromatic rings. The summed E-state index contributed by atoms with van der Waals surface area (Å²) in [6.07, 6.45) is 0. The summed E-state index contributed by atoms with van der Waals surface area (Å²) in [4.78, 5) is 11.0. The number of nitrogens with zero attached hydrogens (tertiary/aromatic N) is 1. The van der Waals surface area contributed by atoms with Crippen molar-refractivity contribution in [3.8, 4) is 22.6 Å². The number of hydrogen-bond acceptors (Lipinski definition) is 4. The average Bonchev–Trinajstić information content (AvgIpc) is 2.66. The number of benzene rings is 3. The van der Waals surface area contributed by atoms with Gasteiger partial charge in [0.15, 0.2) is 0 Å². The van der Waals surface area contributed by atoms with Gasteiger partial charge < -0.3 is 9.47 Å². The topological polar surface area (TPSA) is 61.6 Å². The lowest BCUT2D eigenvalue weighted by Gasteiger charge is -2.14. The third-order valence-electron chi connectivity index (χ3n) is 3.87. The van der Waals surface area contributed by atoms with Crippen LogP contribution >= 0.6 is 11.6 Å².